The molecule has 1 amide bonds. The van der Waals surface area contributed by atoms with Crippen LogP contribution in [0.25, 0.3) is 0 Å². The van der Waals surface area contributed by atoms with E-state index >= 15 is 0 Å². The van der Waals surface area contributed by atoms with Crippen molar-refractivity contribution in [2.75, 3.05) is 13.2 Å². The van der Waals surface area contributed by atoms with Crippen LogP contribution in [-0.2, 0) is 15.6 Å². The quantitative estimate of drug-likeness (QED) is 0.485. The molecular weight excluding hydrogens is 485 g/mol. The third kappa shape index (κ3) is 5.05. The fraction of sp³-hybridized carbons (Fsp3) is 0.188. The van der Waals surface area contributed by atoms with Gasteiger partial charge in [-0.2, -0.15) is 0 Å². The van der Waals surface area contributed by atoms with Crippen LogP contribution >= 0.6 is 39.1 Å². The third-order valence-corrected chi connectivity index (χ3v) is 6.11. The van der Waals surface area contributed by atoms with Crippen LogP contribution in [0.1, 0.15) is 15.9 Å². The summed E-state index contributed by atoms with van der Waals surface area (Å²) < 4.78 is 25.8. The molecule has 0 unspecified atom stereocenters. The van der Waals surface area contributed by atoms with E-state index in [1.54, 1.807) is 0 Å². The standard InChI is InChI=1S/C16H14BrCl2NO6S/c17-9-4-12(19)15(23)13(5-9)27(25,26)7-8-3-10(18)6-11(14(8)22)16(24)20-1-2-21/h3-6,21-23H,1-2,7H2,(H,20,24). The Kier molecular flexibility index (Phi) is 6.98. The number of hydrogen-bond acceptors (Lipinski definition) is 6. The highest BCUT2D eigenvalue weighted by Crippen LogP contribution is 2.37. The number of amides is 1. The van der Waals surface area contributed by atoms with Gasteiger partial charge in [0, 0.05) is 21.6 Å². The minimum absolute atomic E-state index is 0.0312. The lowest BCUT2D eigenvalue weighted by Gasteiger charge is -2.13. The van der Waals surface area contributed by atoms with Gasteiger partial charge in [0.15, 0.2) is 15.6 Å². The Hall–Kier alpha value is -1.52. The second kappa shape index (κ2) is 8.66. The van der Waals surface area contributed by atoms with Crippen molar-refractivity contribution in [2.45, 2.75) is 10.6 Å². The van der Waals surface area contributed by atoms with Crippen molar-refractivity contribution in [1.29, 1.82) is 0 Å². The molecule has 0 radical (unpaired) electrons. The van der Waals surface area contributed by atoms with E-state index in [1.807, 2.05) is 0 Å². The van der Waals surface area contributed by atoms with Crippen molar-refractivity contribution >= 4 is 54.9 Å². The number of phenolic OH excluding ortho intramolecular Hbond substituents is 2. The fourth-order valence-corrected chi connectivity index (χ4v) is 5.02. The van der Waals surface area contributed by atoms with Gasteiger partial charge < -0.3 is 20.6 Å². The van der Waals surface area contributed by atoms with E-state index in [9.17, 15) is 23.4 Å². The number of carbonyl (C=O) groups excluding carboxylic acids is 1. The van der Waals surface area contributed by atoms with Gasteiger partial charge in [-0.1, -0.05) is 39.1 Å². The second-order valence-electron chi connectivity index (χ2n) is 5.43. The first kappa shape index (κ1) is 21.8. The highest BCUT2D eigenvalue weighted by atomic mass is 79.9. The molecule has 146 valence electrons. The van der Waals surface area contributed by atoms with Crippen LogP contribution in [0.4, 0.5) is 0 Å². The summed E-state index contributed by atoms with van der Waals surface area (Å²) in [6.07, 6.45) is 0. The van der Waals surface area contributed by atoms with Crippen molar-refractivity contribution < 1.29 is 28.5 Å². The van der Waals surface area contributed by atoms with Crippen molar-refractivity contribution in [2.24, 2.45) is 0 Å². The molecule has 2 rings (SSSR count). The number of nitrogens with one attached hydrogen (secondary N) is 1. The number of sulfone groups is 1. The average molecular weight is 499 g/mol. The molecule has 0 saturated carbocycles. The predicted octanol–water partition coefficient (Wildman–Crippen LogP) is 2.86. The summed E-state index contributed by atoms with van der Waals surface area (Å²) >= 11 is 14.9. The van der Waals surface area contributed by atoms with Gasteiger partial charge in [0.05, 0.1) is 22.9 Å². The zero-order valence-corrected chi connectivity index (χ0v) is 17.5. The molecule has 0 atom stereocenters. The molecule has 0 aliphatic rings. The SMILES string of the molecule is O=C(NCCO)c1cc(Cl)cc(CS(=O)(=O)c2cc(Br)cc(Cl)c2O)c1O. The first-order valence-corrected chi connectivity index (χ1v) is 10.6. The van der Waals surface area contributed by atoms with Gasteiger partial charge in [0.1, 0.15) is 10.6 Å². The molecule has 2 aromatic rings. The molecule has 0 aromatic heterocycles. The second-order valence-corrected chi connectivity index (χ2v) is 9.15. The topological polar surface area (TPSA) is 124 Å². The predicted molar refractivity (Wildman–Crippen MR) is 104 cm³/mol. The maximum absolute atomic E-state index is 12.7. The van der Waals surface area contributed by atoms with E-state index < -0.39 is 37.9 Å². The Morgan fingerprint density at radius 1 is 1.11 bits per heavy atom. The lowest BCUT2D eigenvalue weighted by atomic mass is 10.1. The molecule has 0 aliphatic carbocycles. The fourth-order valence-electron chi connectivity index (χ4n) is 2.27. The number of phenols is 2. The third-order valence-electron chi connectivity index (χ3n) is 3.47. The Morgan fingerprint density at radius 2 is 1.78 bits per heavy atom. The number of rotatable bonds is 6. The highest BCUT2D eigenvalue weighted by molar-refractivity contribution is 9.10. The molecule has 0 fully saturated rings. The molecule has 0 heterocycles. The smallest absolute Gasteiger partial charge is 0.255 e. The van der Waals surface area contributed by atoms with Crippen LogP contribution in [0.2, 0.25) is 10.0 Å². The van der Waals surface area contributed by atoms with Gasteiger partial charge in [0.2, 0.25) is 0 Å². The van der Waals surface area contributed by atoms with E-state index in [-0.39, 0.29) is 34.3 Å². The van der Waals surface area contributed by atoms with E-state index in [2.05, 4.69) is 21.2 Å². The highest BCUT2D eigenvalue weighted by Gasteiger charge is 2.25. The lowest BCUT2D eigenvalue weighted by molar-refractivity contribution is 0.0942. The molecule has 0 saturated heterocycles. The number of halogens is 3. The van der Waals surface area contributed by atoms with Crippen LogP contribution in [-0.4, -0.2) is 42.8 Å². The van der Waals surface area contributed by atoms with Gasteiger partial charge in [-0.15, -0.1) is 0 Å². The van der Waals surface area contributed by atoms with E-state index in [1.165, 1.54) is 24.3 Å². The first-order valence-electron chi connectivity index (χ1n) is 7.38. The van der Waals surface area contributed by atoms with Crippen LogP contribution in [0.5, 0.6) is 11.5 Å². The van der Waals surface area contributed by atoms with Gasteiger partial charge in [-0.05, 0) is 24.3 Å². The minimum Gasteiger partial charge on any atom is -0.507 e. The molecule has 11 heteroatoms. The normalized spacial score (nSPS) is 11.4. The van der Waals surface area contributed by atoms with Crippen molar-refractivity contribution in [3.63, 3.8) is 0 Å². The number of carbonyl (C=O) groups is 1. The summed E-state index contributed by atoms with van der Waals surface area (Å²) in [5.41, 5.74) is -0.371. The summed E-state index contributed by atoms with van der Waals surface area (Å²) in [7, 11) is -4.14. The summed E-state index contributed by atoms with van der Waals surface area (Å²) in [5.74, 6) is -2.66. The Labute approximate surface area is 173 Å². The monoisotopic (exact) mass is 497 g/mol. The summed E-state index contributed by atoms with van der Waals surface area (Å²) in [5, 5.41) is 31.3. The number of hydrogen-bond donors (Lipinski definition) is 4. The van der Waals surface area contributed by atoms with Gasteiger partial charge >= 0.3 is 0 Å². The van der Waals surface area contributed by atoms with Crippen LogP contribution < -0.4 is 5.32 Å². The Bertz CT molecular complexity index is 997. The Balaban J connectivity index is 2.48. The number of aliphatic hydroxyl groups is 1. The zero-order chi connectivity index (χ0) is 20.4. The summed E-state index contributed by atoms with van der Waals surface area (Å²) in [6, 6.07) is 4.88. The van der Waals surface area contributed by atoms with Gasteiger partial charge in [0.25, 0.3) is 5.91 Å². The van der Waals surface area contributed by atoms with Crippen LogP contribution in [0, 0.1) is 0 Å². The van der Waals surface area contributed by atoms with E-state index in [4.69, 9.17) is 28.3 Å². The first-order chi connectivity index (χ1) is 12.6. The molecule has 0 aliphatic heterocycles. The maximum atomic E-state index is 12.7. The van der Waals surface area contributed by atoms with Crippen molar-refractivity contribution in [3.8, 4) is 11.5 Å². The number of benzene rings is 2. The average Bonchev–Trinajstić information content (AvgIpc) is 2.58. The lowest BCUT2D eigenvalue weighted by Crippen LogP contribution is -2.26. The molecule has 27 heavy (non-hydrogen) atoms. The number of aliphatic hydroxyl groups excluding tert-OH is 1. The molecule has 4 N–H and O–H groups in total. The van der Waals surface area contributed by atoms with Crippen LogP contribution in [0.15, 0.2) is 33.6 Å². The van der Waals surface area contributed by atoms with Crippen molar-refractivity contribution in [3.05, 3.63) is 49.9 Å². The largest absolute Gasteiger partial charge is 0.507 e. The molecule has 0 bridgehead atoms. The number of aromatic hydroxyl groups is 2. The summed E-state index contributed by atoms with van der Waals surface area (Å²) in [6.45, 7) is -0.361. The molecule has 0 spiro atoms. The van der Waals surface area contributed by atoms with Crippen LogP contribution in [0.3, 0.4) is 0 Å². The van der Waals surface area contributed by atoms with Gasteiger partial charge in [-0.3, -0.25) is 4.79 Å². The zero-order valence-electron chi connectivity index (χ0n) is 13.5. The van der Waals surface area contributed by atoms with E-state index in [0.717, 1.165) is 0 Å². The Morgan fingerprint density at radius 3 is 2.41 bits per heavy atom. The molecule has 7 nitrogen and oxygen atoms in total. The van der Waals surface area contributed by atoms with Gasteiger partial charge in [-0.25, -0.2) is 8.42 Å². The maximum Gasteiger partial charge on any atom is 0.255 e. The molecule has 2 aromatic carbocycles. The van der Waals surface area contributed by atoms with Crippen molar-refractivity contribution in [1.82, 2.24) is 5.32 Å². The summed E-state index contributed by atoms with van der Waals surface area (Å²) in [4.78, 5) is 11.6. The van der Waals surface area contributed by atoms with E-state index in [0.29, 0.717) is 4.47 Å². The minimum atomic E-state index is -4.14. The molecular formula is C16H14BrCl2NO6S.